The SMILES string of the molecule is COC(=O)c1ccc(C(=O)Nc2ccn(Cc3cccc(C)c3)n2)cc1. The molecular formula is C20H19N3O3. The summed E-state index contributed by atoms with van der Waals surface area (Å²) in [5.74, 6) is -0.256. The van der Waals surface area contributed by atoms with E-state index < -0.39 is 5.97 Å². The van der Waals surface area contributed by atoms with Gasteiger partial charge in [0.15, 0.2) is 5.82 Å². The van der Waals surface area contributed by atoms with Crippen LogP contribution in [-0.2, 0) is 11.3 Å². The third-order valence-electron chi connectivity index (χ3n) is 3.88. The molecule has 0 unspecified atom stereocenters. The van der Waals surface area contributed by atoms with Crippen LogP contribution in [0.5, 0.6) is 0 Å². The van der Waals surface area contributed by atoms with Crippen molar-refractivity contribution in [1.29, 1.82) is 0 Å². The van der Waals surface area contributed by atoms with Crippen molar-refractivity contribution in [1.82, 2.24) is 9.78 Å². The van der Waals surface area contributed by atoms with Crippen molar-refractivity contribution in [3.8, 4) is 0 Å². The lowest BCUT2D eigenvalue weighted by Gasteiger charge is -2.05. The van der Waals surface area contributed by atoms with Gasteiger partial charge in [0, 0.05) is 17.8 Å². The van der Waals surface area contributed by atoms with Crippen LogP contribution in [0.3, 0.4) is 0 Å². The molecule has 1 heterocycles. The molecule has 0 atom stereocenters. The number of rotatable bonds is 5. The van der Waals surface area contributed by atoms with Crippen LogP contribution in [-0.4, -0.2) is 28.8 Å². The van der Waals surface area contributed by atoms with Gasteiger partial charge in [0.2, 0.25) is 0 Å². The molecule has 132 valence electrons. The smallest absolute Gasteiger partial charge is 0.337 e. The summed E-state index contributed by atoms with van der Waals surface area (Å²) in [5.41, 5.74) is 3.17. The first kappa shape index (κ1) is 17.4. The number of esters is 1. The second kappa shape index (κ2) is 7.65. The molecule has 1 aromatic heterocycles. The minimum atomic E-state index is -0.438. The molecule has 0 fully saturated rings. The molecule has 0 radical (unpaired) electrons. The number of carbonyl (C=O) groups is 2. The van der Waals surface area contributed by atoms with Crippen LogP contribution in [0.1, 0.15) is 31.8 Å². The Bertz CT molecular complexity index is 929. The third-order valence-corrected chi connectivity index (χ3v) is 3.88. The summed E-state index contributed by atoms with van der Waals surface area (Å²) in [6, 6.07) is 16.2. The fourth-order valence-corrected chi connectivity index (χ4v) is 2.58. The normalized spacial score (nSPS) is 10.4. The molecule has 0 bridgehead atoms. The number of nitrogens with one attached hydrogen (secondary N) is 1. The first-order valence-electron chi connectivity index (χ1n) is 8.14. The zero-order valence-electron chi connectivity index (χ0n) is 14.6. The molecule has 3 rings (SSSR count). The van der Waals surface area contributed by atoms with Crippen molar-refractivity contribution in [2.24, 2.45) is 0 Å². The predicted molar refractivity (Wildman–Crippen MR) is 98.2 cm³/mol. The van der Waals surface area contributed by atoms with Gasteiger partial charge in [0.1, 0.15) is 0 Å². The number of ether oxygens (including phenoxy) is 1. The van der Waals surface area contributed by atoms with E-state index in [1.54, 1.807) is 35.0 Å². The Kier molecular flexibility index (Phi) is 5.12. The zero-order valence-corrected chi connectivity index (χ0v) is 14.6. The van der Waals surface area contributed by atoms with Gasteiger partial charge in [-0.25, -0.2) is 4.79 Å². The van der Waals surface area contributed by atoms with E-state index in [-0.39, 0.29) is 5.91 Å². The van der Waals surface area contributed by atoms with Crippen LogP contribution in [0.15, 0.2) is 60.8 Å². The summed E-state index contributed by atoms with van der Waals surface area (Å²) < 4.78 is 6.41. The molecule has 0 aliphatic carbocycles. The fraction of sp³-hybridized carbons (Fsp3) is 0.150. The number of hydrogen-bond donors (Lipinski definition) is 1. The molecule has 2 aromatic carbocycles. The highest BCUT2D eigenvalue weighted by Crippen LogP contribution is 2.11. The average molecular weight is 349 g/mol. The van der Waals surface area contributed by atoms with Crippen LogP contribution < -0.4 is 5.32 Å². The van der Waals surface area contributed by atoms with Gasteiger partial charge in [0.05, 0.1) is 19.2 Å². The third kappa shape index (κ3) is 4.16. The van der Waals surface area contributed by atoms with E-state index in [1.165, 1.54) is 12.7 Å². The number of aromatic nitrogens is 2. The maximum absolute atomic E-state index is 12.3. The van der Waals surface area contributed by atoms with Crippen molar-refractivity contribution in [3.05, 3.63) is 83.0 Å². The number of nitrogens with zero attached hydrogens (tertiary/aromatic N) is 2. The highest BCUT2D eigenvalue weighted by Gasteiger charge is 2.10. The van der Waals surface area contributed by atoms with Crippen LogP contribution in [0.2, 0.25) is 0 Å². The summed E-state index contributed by atoms with van der Waals surface area (Å²) in [6.45, 7) is 2.68. The fourth-order valence-electron chi connectivity index (χ4n) is 2.58. The van der Waals surface area contributed by atoms with Gasteiger partial charge in [-0.2, -0.15) is 5.10 Å². The van der Waals surface area contributed by atoms with E-state index in [0.717, 1.165) is 5.56 Å². The first-order chi connectivity index (χ1) is 12.5. The minimum Gasteiger partial charge on any atom is -0.465 e. The molecule has 0 saturated heterocycles. The molecule has 26 heavy (non-hydrogen) atoms. The highest BCUT2D eigenvalue weighted by molar-refractivity contribution is 6.04. The Balaban J connectivity index is 1.65. The van der Waals surface area contributed by atoms with Gasteiger partial charge in [-0.05, 0) is 36.8 Å². The van der Waals surface area contributed by atoms with Crippen molar-refractivity contribution in [2.75, 3.05) is 12.4 Å². The number of anilines is 1. The van der Waals surface area contributed by atoms with E-state index in [0.29, 0.717) is 23.5 Å². The Morgan fingerprint density at radius 2 is 1.81 bits per heavy atom. The van der Waals surface area contributed by atoms with Crippen LogP contribution >= 0.6 is 0 Å². The van der Waals surface area contributed by atoms with Gasteiger partial charge < -0.3 is 10.1 Å². The zero-order chi connectivity index (χ0) is 18.5. The number of amides is 1. The topological polar surface area (TPSA) is 73.2 Å². The second-order valence-electron chi connectivity index (χ2n) is 5.91. The Hall–Kier alpha value is -3.41. The molecule has 0 aliphatic heterocycles. The number of aryl methyl sites for hydroxylation is 1. The number of carbonyl (C=O) groups excluding carboxylic acids is 2. The van der Waals surface area contributed by atoms with Crippen molar-refractivity contribution in [2.45, 2.75) is 13.5 Å². The van der Waals surface area contributed by atoms with E-state index >= 15 is 0 Å². The van der Waals surface area contributed by atoms with Gasteiger partial charge >= 0.3 is 5.97 Å². The Morgan fingerprint density at radius 1 is 1.08 bits per heavy atom. The molecular weight excluding hydrogens is 330 g/mol. The second-order valence-corrected chi connectivity index (χ2v) is 5.91. The molecule has 3 aromatic rings. The van der Waals surface area contributed by atoms with E-state index in [9.17, 15) is 9.59 Å². The van der Waals surface area contributed by atoms with Crippen molar-refractivity contribution in [3.63, 3.8) is 0 Å². The molecule has 0 saturated carbocycles. The Labute approximate surface area is 151 Å². The Morgan fingerprint density at radius 3 is 2.50 bits per heavy atom. The van der Waals surface area contributed by atoms with Crippen molar-refractivity contribution < 1.29 is 14.3 Å². The predicted octanol–water partition coefficient (Wildman–Crippen LogP) is 3.28. The quantitative estimate of drug-likeness (QED) is 0.718. The first-order valence-corrected chi connectivity index (χ1v) is 8.14. The summed E-state index contributed by atoms with van der Waals surface area (Å²) in [7, 11) is 1.32. The molecule has 1 N–H and O–H groups in total. The van der Waals surface area contributed by atoms with Gasteiger partial charge in [-0.3, -0.25) is 9.48 Å². The molecule has 1 amide bonds. The molecule has 0 spiro atoms. The number of benzene rings is 2. The van der Waals surface area contributed by atoms with E-state index in [2.05, 4.69) is 21.2 Å². The summed E-state index contributed by atoms with van der Waals surface area (Å²) in [6.07, 6.45) is 1.82. The summed E-state index contributed by atoms with van der Waals surface area (Å²) in [5, 5.41) is 7.12. The minimum absolute atomic E-state index is 0.290. The molecule has 6 heteroatoms. The highest BCUT2D eigenvalue weighted by atomic mass is 16.5. The van der Waals surface area contributed by atoms with Crippen LogP contribution in [0.4, 0.5) is 5.82 Å². The largest absolute Gasteiger partial charge is 0.465 e. The maximum atomic E-state index is 12.3. The standard InChI is InChI=1S/C20H19N3O3/c1-14-4-3-5-15(12-14)13-23-11-10-18(22-23)21-19(24)16-6-8-17(9-7-16)20(25)26-2/h3-12H,13H2,1-2H3,(H,21,22,24). The molecule has 0 aliphatic rings. The number of methoxy groups -OCH3 is 1. The monoisotopic (exact) mass is 349 g/mol. The average Bonchev–Trinajstić information content (AvgIpc) is 3.08. The van der Waals surface area contributed by atoms with Gasteiger partial charge in [-0.15, -0.1) is 0 Å². The van der Waals surface area contributed by atoms with Crippen LogP contribution in [0.25, 0.3) is 0 Å². The summed E-state index contributed by atoms with van der Waals surface area (Å²) >= 11 is 0. The van der Waals surface area contributed by atoms with Gasteiger partial charge in [-0.1, -0.05) is 29.8 Å². The van der Waals surface area contributed by atoms with Gasteiger partial charge in [0.25, 0.3) is 5.91 Å². The van der Waals surface area contributed by atoms with Crippen LogP contribution in [0, 0.1) is 6.92 Å². The van der Waals surface area contributed by atoms with Crippen molar-refractivity contribution >= 4 is 17.7 Å². The number of hydrogen-bond acceptors (Lipinski definition) is 4. The lowest BCUT2D eigenvalue weighted by Crippen LogP contribution is -2.13. The lowest BCUT2D eigenvalue weighted by molar-refractivity contribution is 0.0600. The van der Waals surface area contributed by atoms with E-state index in [1.807, 2.05) is 31.3 Å². The maximum Gasteiger partial charge on any atom is 0.337 e. The summed E-state index contributed by atoms with van der Waals surface area (Å²) in [4.78, 5) is 23.7. The lowest BCUT2D eigenvalue weighted by atomic mass is 10.1. The van der Waals surface area contributed by atoms with E-state index in [4.69, 9.17) is 0 Å². The molecule has 6 nitrogen and oxygen atoms in total.